The summed E-state index contributed by atoms with van der Waals surface area (Å²) in [7, 11) is 0. The van der Waals surface area contributed by atoms with Gasteiger partial charge in [0.2, 0.25) is 0 Å². The van der Waals surface area contributed by atoms with Gasteiger partial charge < -0.3 is 0 Å². The van der Waals surface area contributed by atoms with Crippen molar-refractivity contribution in [1.29, 1.82) is 0 Å². The van der Waals surface area contributed by atoms with Crippen molar-refractivity contribution in [3.05, 3.63) is 96.1 Å². The van der Waals surface area contributed by atoms with Crippen LogP contribution in [0.3, 0.4) is 0 Å². The van der Waals surface area contributed by atoms with E-state index in [1.165, 1.54) is 0 Å². The van der Waals surface area contributed by atoms with Gasteiger partial charge in [-0.15, -0.1) is 0 Å². The van der Waals surface area contributed by atoms with Crippen LogP contribution >= 0.6 is 15.9 Å². The highest BCUT2D eigenvalue weighted by atomic mass is 79.9. The molecule has 20 heavy (non-hydrogen) atoms. The van der Waals surface area contributed by atoms with E-state index in [4.69, 9.17) is 0 Å². The Hall–Kier alpha value is -1.86. The van der Waals surface area contributed by atoms with E-state index < -0.39 is 0 Å². The maximum absolute atomic E-state index is 3.88. The molecule has 0 unspecified atom stereocenters. The molecule has 0 fully saturated rings. The Morgan fingerprint density at radius 2 is 1.50 bits per heavy atom. The molecule has 0 spiro atoms. The molecule has 0 aromatic heterocycles. The van der Waals surface area contributed by atoms with Crippen molar-refractivity contribution in [3.63, 3.8) is 0 Å². The second kappa shape index (κ2) is 8.34. The van der Waals surface area contributed by atoms with Crippen LogP contribution in [0, 0.1) is 0 Å². The third kappa shape index (κ3) is 4.36. The minimum Gasteiger partial charge on any atom is -0.0990 e. The van der Waals surface area contributed by atoms with Gasteiger partial charge in [-0.2, -0.15) is 0 Å². The van der Waals surface area contributed by atoms with E-state index in [-0.39, 0.29) is 0 Å². The van der Waals surface area contributed by atoms with Gasteiger partial charge in [0.15, 0.2) is 0 Å². The van der Waals surface area contributed by atoms with Crippen molar-refractivity contribution in [2.45, 2.75) is 6.92 Å². The summed E-state index contributed by atoms with van der Waals surface area (Å²) >= 11 is 3.56. The van der Waals surface area contributed by atoms with Gasteiger partial charge in [-0.25, -0.2) is 0 Å². The van der Waals surface area contributed by atoms with Crippen molar-refractivity contribution in [1.82, 2.24) is 0 Å². The molecule has 1 rings (SSSR count). The van der Waals surface area contributed by atoms with Gasteiger partial charge in [-0.3, -0.25) is 0 Å². The molecule has 0 nitrogen and oxygen atoms in total. The number of allylic oxidation sites excluding steroid dienone is 9. The third-order valence-electron chi connectivity index (χ3n) is 2.77. The first kappa shape index (κ1) is 16.2. The monoisotopic (exact) mass is 326 g/mol. The van der Waals surface area contributed by atoms with Crippen LogP contribution < -0.4 is 0 Å². The zero-order valence-electron chi connectivity index (χ0n) is 11.8. The van der Waals surface area contributed by atoms with Gasteiger partial charge in [0.05, 0.1) is 0 Å². The fourth-order valence-corrected chi connectivity index (χ4v) is 2.31. The zero-order chi connectivity index (χ0) is 15.0. The fraction of sp³-hybridized carbons (Fsp3) is 0.0526. The molecule has 0 aliphatic carbocycles. The maximum Gasteiger partial charge on any atom is 0.0187 e. The van der Waals surface area contributed by atoms with Crippen LogP contribution in [0.2, 0.25) is 0 Å². The lowest BCUT2D eigenvalue weighted by Gasteiger charge is -2.08. The molecule has 102 valence electrons. The van der Waals surface area contributed by atoms with E-state index in [0.717, 1.165) is 26.7 Å². The van der Waals surface area contributed by atoms with Crippen molar-refractivity contribution in [2.24, 2.45) is 0 Å². The maximum atomic E-state index is 3.88. The van der Waals surface area contributed by atoms with Crippen LogP contribution in [0.4, 0.5) is 0 Å². The summed E-state index contributed by atoms with van der Waals surface area (Å²) in [4.78, 5) is 0. The van der Waals surface area contributed by atoms with Gasteiger partial charge in [-0.1, -0.05) is 78.2 Å². The average Bonchev–Trinajstić information content (AvgIpc) is 2.45. The number of rotatable bonds is 6. The molecule has 0 aliphatic rings. The van der Waals surface area contributed by atoms with E-state index >= 15 is 0 Å². The van der Waals surface area contributed by atoms with E-state index in [1.807, 2.05) is 43.4 Å². The summed E-state index contributed by atoms with van der Waals surface area (Å²) in [6, 6.07) is 6.27. The fourth-order valence-electron chi connectivity index (χ4n) is 1.81. The topological polar surface area (TPSA) is 0 Å². The molecule has 0 saturated carbocycles. The van der Waals surface area contributed by atoms with Crippen LogP contribution in [-0.4, -0.2) is 0 Å². The van der Waals surface area contributed by atoms with Crippen LogP contribution in [0.1, 0.15) is 18.1 Å². The number of halogens is 1. The summed E-state index contributed by atoms with van der Waals surface area (Å²) < 4.78 is 1.02. The van der Waals surface area contributed by atoms with Crippen LogP contribution in [0.15, 0.2) is 84.9 Å². The predicted octanol–water partition coefficient (Wildman–Crippen LogP) is 6.35. The Morgan fingerprint density at radius 3 is 1.95 bits per heavy atom. The molecule has 0 bridgehead atoms. The van der Waals surface area contributed by atoms with Crippen molar-refractivity contribution in [2.75, 3.05) is 0 Å². The van der Waals surface area contributed by atoms with Gasteiger partial charge in [0.25, 0.3) is 0 Å². The molecule has 0 atom stereocenters. The van der Waals surface area contributed by atoms with Gasteiger partial charge in [0.1, 0.15) is 0 Å². The molecular formula is C19H19Br. The van der Waals surface area contributed by atoms with Crippen LogP contribution in [0.5, 0.6) is 0 Å². The Kier molecular flexibility index (Phi) is 6.75. The molecule has 0 N–H and O–H groups in total. The minimum atomic E-state index is 1.02. The second-order valence-corrected chi connectivity index (χ2v) is 5.06. The van der Waals surface area contributed by atoms with E-state index in [1.54, 1.807) is 6.08 Å². The predicted molar refractivity (Wildman–Crippen MR) is 95.5 cm³/mol. The van der Waals surface area contributed by atoms with E-state index in [9.17, 15) is 0 Å². The summed E-state index contributed by atoms with van der Waals surface area (Å²) in [5, 5.41) is 0. The molecular weight excluding hydrogens is 308 g/mol. The molecule has 0 heterocycles. The SMILES string of the molecule is C=C/C=C(\C=C)c1cc(Br)cc(/C(C=C)=C/C=C\C)c1. The first-order valence-corrected chi connectivity index (χ1v) is 7.17. The Balaban J connectivity index is 3.40. The normalized spacial score (nSPS) is 12.5. The summed E-state index contributed by atoms with van der Waals surface area (Å²) in [5.74, 6) is 0. The molecule has 1 aromatic rings. The zero-order valence-corrected chi connectivity index (χ0v) is 13.4. The largest absolute Gasteiger partial charge is 0.0990 e. The lowest BCUT2D eigenvalue weighted by molar-refractivity contribution is 1.53. The molecule has 0 amide bonds. The van der Waals surface area contributed by atoms with Gasteiger partial charge >= 0.3 is 0 Å². The Morgan fingerprint density at radius 1 is 0.950 bits per heavy atom. The van der Waals surface area contributed by atoms with Crippen LogP contribution in [-0.2, 0) is 0 Å². The lowest BCUT2D eigenvalue weighted by Crippen LogP contribution is -1.87. The van der Waals surface area contributed by atoms with Gasteiger partial charge in [0, 0.05) is 4.47 Å². The summed E-state index contributed by atoms with van der Waals surface area (Å²) in [6.45, 7) is 13.5. The van der Waals surface area contributed by atoms with E-state index in [0.29, 0.717) is 0 Å². The molecule has 1 heteroatoms. The lowest BCUT2D eigenvalue weighted by atomic mass is 9.98. The number of hydrogen-bond acceptors (Lipinski definition) is 0. The second-order valence-electron chi connectivity index (χ2n) is 4.14. The number of hydrogen-bond donors (Lipinski definition) is 0. The first-order valence-electron chi connectivity index (χ1n) is 6.38. The first-order chi connectivity index (χ1) is 9.65. The van der Waals surface area contributed by atoms with Crippen molar-refractivity contribution < 1.29 is 0 Å². The Labute approximate surface area is 130 Å². The highest BCUT2D eigenvalue weighted by Gasteiger charge is 2.04. The van der Waals surface area contributed by atoms with Crippen molar-refractivity contribution >= 4 is 27.1 Å². The molecule has 0 saturated heterocycles. The van der Waals surface area contributed by atoms with Crippen LogP contribution in [0.25, 0.3) is 11.1 Å². The van der Waals surface area contributed by atoms with E-state index in [2.05, 4.69) is 53.9 Å². The summed E-state index contributed by atoms with van der Waals surface area (Å²) in [5.41, 5.74) is 4.32. The molecule has 0 aliphatic heterocycles. The highest BCUT2D eigenvalue weighted by Crippen LogP contribution is 2.27. The van der Waals surface area contributed by atoms with Gasteiger partial charge in [-0.05, 0) is 47.4 Å². The third-order valence-corrected chi connectivity index (χ3v) is 3.23. The molecule has 0 radical (unpaired) electrons. The smallest absolute Gasteiger partial charge is 0.0187 e. The standard InChI is InChI=1S/C19H19Br/c1-5-9-11-16(8-4)18-12-17(13-19(20)14-18)15(7-3)10-6-2/h5-14H,2-4H2,1H3/b9-5-,15-10+,16-11+. The van der Waals surface area contributed by atoms with Crippen molar-refractivity contribution in [3.8, 4) is 0 Å². The number of benzene rings is 1. The Bertz CT molecular complexity index is 598. The highest BCUT2D eigenvalue weighted by molar-refractivity contribution is 9.10. The minimum absolute atomic E-state index is 1.02. The molecule has 1 aromatic carbocycles. The quantitative estimate of drug-likeness (QED) is 0.534. The average molecular weight is 327 g/mol. The summed E-state index contributed by atoms with van der Waals surface area (Å²) in [6.07, 6.45) is 13.4.